The van der Waals surface area contributed by atoms with E-state index in [1.165, 1.54) is 36.8 Å². The van der Waals surface area contributed by atoms with Gasteiger partial charge >= 0.3 is 5.63 Å². The largest absolute Gasteiger partial charge is 0.423 e. The Balaban J connectivity index is 1.77. The zero-order chi connectivity index (χ0) is 15.1. The summed E-state index contributed by atoms with van der Waals surface area (Å²) in [5, 5.41) is 1.14. The number of fused-ring (bicyclic) bond motifs is 2. The molecular weight excluding hydrogens is 274 g/mol. The Hall–Kier alpha value is -1.61. The molecule has 0 bridgehead atoms. The van der Waals surface area contributed by atoms with Crippen molar-refractivity contribution in [3.8, 4) is 0 Å². The second-order valence-electron chi connectivity index (χ2n) is 6.88. The van der Waals surface area contributed by atoms with Gasteiger partial charge in [0.1, 0.15) is 5.58 Å². The molecular formula is C19H23NO2. The first-order chi connectivity index (χ1) is 10.7. The Kier molecular flexibility index (Phi) is 3.53. The summed E-state index contributed by atoms with van der Waals surface area (Å²) in [5.41, 5.74) is 4.49. The predicted molar refractivity (Wildman–Crippen MR) is 88.2 cm³/mol. The van der Waals surface area contributed by atoms with Crippen molar-refractivity contribution in [1.29, 1.82) is 0 Å². The molecule has 4 rings (SSSR count). The summed E-state index contributed by atoms with van der Waals surface area (Å²) in [7, 11) is 0. The number of aryl methyl sites for hydroxylation is 2. The maximum Gasteiger partial charge on any atom is 0.336 e. The number of hydrogen-bond donors (Lipinski definition) is 0. The molecule has 3 heteroatoms. The smallest absolute Gasteiger partial charge is 0.336 e. The molecule has 0 radical (unpaired) electrons. The summed E-state index contributed by atoms with van der Waals surface area (Å²) in [6.07, 6.45) is 7.33. The molecule has 0 N–H and O–H groups in total. The second kappa shape index (κ2) is 5.54. The van der Waals surface area contributed by atoms with Crippen LogP contribution in [-0.2, 0) is 19.4 Å². The van der Waals surface area contributed by atoms with Gasteiger partial charge in [-0.05, 0) is 74.4 Å². The number of hydrogen-bond acceptors (Lipinski definition) is 3. The third kappa shape index (κ3) is 2.48. The van der Waals surface area contributed by atoms with Crippen LogP contribution in [0.4, 0.5) is 0 Å². The quantitative estimate of drug-likeness (QED) is 0.793. The van der Waals surface area contributed by atoms with Crippen LogP contribution < -0.4 is 5.63 Å². The van der Waals surface area contributed by atoms with Gasteiger partial charge in [0.05, 0.1) is 0 Å². The minimum absolute atomic E-state index is 0.217. The van der Waals surface area contributed by atoms with Crippen molar-refractivity contribution in [2.45, 2.75) is 58.0 Å². The van der Waals surface area contributed by atoms with Crippen molar-refractivity contribution in [2.75, 3.05) is 6.54 Å². The van der Waals surface area contributed by atoms with Crippen molar-refractivity contribution < 1.29 is 4.42 Å². The number of nitrogens with zero attached hydrogens (tertiary/aromatic N) is 1. The minimum Gasteiger partial charge on any atom is -0.423 e. The van der Waals surface area contributed by atoms with Crippen LogP contribution in [0.15, 0.2) is 27.4 Å². The lowest BCUT2D eigenvalue weighted by Gasteiger charge is -2.33. The molecule has 3 nitrogen and oxygen atoms in total. The average Bonchev–Trinajstić information content (AvgIpc) is 2.95. The fraction of sp³-hybridized carbons (Fsp3) is 0.526. The first kappa shape index (κ1) is 14.0. The van der Waals surface area contributed by atoms with E-state index in [4.69, 9.17) is 4.42 Å². The van der Waals surface area contributed by atoms with E-state index in [1.807, 2.05) is 0 Å². The highest BCUT2D eigenvalue weighted by atomic mass is 16.4. The van der Waals surface area contributed by atoms with Gasteiger partial charge in [-0.1, -0.05) is 6.42 Å². The Morgan fingerprint density at radius 3 is 2.77 bits per heavy atom. The van der Waals surface area contributed by atoms with Crippen LogP contribution >= 0.6 is 0 Å². The SMILES string of the molecule is CC1CCCCN1Cc1cc(=O)oc2cc3c(cc12)CCC3. The summed E-state index contributed by atoms with van der Waals surface area (Å²) >= 11 is 0. The van der Waals surface area contributed by atoms with Crippen LogP contribution in [-0.4, -0.2) is 17.5 Å². The van der Waals surface area contributed by atoms with Crippen LogP contribution in [0.1, 0.15) is 49.3 Å². The van der Waals surface area contributed by atoms with E-state index in [2.05, 4.69) is 24.0 Å². The predicted octanol–water partition coefficient (Wildman–Crippen LogP) is 3.66. The number of rotatable bonds is 2. The van der Waals surface area contributed by atoms with Gasteiger partial charge in [0, 0.05) is 24.0 Å². The fourth-order valence-electron chi connectivity index (χ4n) is 4.04. The third-order valence-corrected chi connectivity index (χ3v) is 5.36. The van der Waals surface area contributed by atoms with Gasteiger partial charge in [0.15, 0.2) is 0 Å². The third-order valence-electron chi connectivity index (χ3n) is 5.36. The zero-order valence-corrected chi connectivity index (χ0v) is 13.2. The molecule has 1 aromatic heterocycles. The van der Waals surface area contributed by atoms with Gasteiger partial charge in [0.25, 0.3) is 0 Å². The summed E-state index contributed by atoms with van der Waals surface area (Å²) in [4.78, 5) is 14.4. The molecule has 1 unspecified atom stereocenters. The molecule has 1 saturated heterocycles. The van der Waals surface area contributed by atoms with Gasteiger partial charge in [-0.2, -0.15) is 0 Å². The van der Waals surface area contributed by atoms with Crippen LogP contribution in [0.3, 0.4) is 0 Å². The molecule has 0 saturated carbocycles. The Bertz CT molecular complexity index is 762. The fourth-order valence-corrected chi connectivity index (χ4v) is 4.04. The van der Waals surface area contributed by atoms with Gasteiger partial charge < -0.3 is 4.42 Å². The maximum absolute atomic E-state index is 11.9. The highest BCUT2D eigenvalue weighted by Crippen LogP contribution is 2.29. The maximum atomic E-state index is 11.9. The summed E-state index contributed by atoms with van der Waals surface area (Å²) in [6.45, 7) is 4.29. The van der Waals surface area contributed by atoms with Crippen LogP contribution in [0.5, 0.6) is 0 Å². The van der Waals surface area contributed by atoms with E-state index in [1.54, 1.807) is 6.07 Å². The molecule has 1 aliphatic heterocycles. The first-order valence-corrected chi connectivity index (χ1v) is 8.53. The normalized spacial score (nSPS) is 22.1. The lowest BCUT2D eigenvalue weighted by molar-refractivity contribution is 0.153. The molecule has 116 valence electrons. The Morgan fingerprint density at radius 2 is 1.95 bits per heavy atom. The number of likely N-dealkylation sites (tertiary alicyclic amines) is 1. The molecule has 0 spiro atoms. The molecule has 1 atom stereocenters. The van der Waals surface area contributed by atoms with Gasteiger partial charge in [-0.15, -0.1) is 0 Å². The minimum atomic E-state index is -0.217. The monoisotopic (exact) mass is 297 g/mol. The van der Waals surface area contributed by atoms with Crippen molar-refractivity contribution in [3.05, 3.63) is 45.3 Å². The molecule has 2 aromatic rings. The number of piperidine rings is 1. The summed E-state index contributed by atoms with van der Waals surface area (Å²) < 4.78 is 5.47. The standard InChI is InChI=1S/C19H23NO2/c1-13-5-2-3-8-20(13)12-16-11-19(21)22-18-10-15-7-4-6-14(15)9-17(16)18/h9-11,13H,2-8,12H2,1H3. The van der Waals surface area contributed by atoms with E-state index < -0.39 is 0 Å². The lowest BCUT2D eigenvalue weighted by atomic mass is 10.00. The van der Waals surface area contributed by atoms with Crippen molar-refractivity contribution in [1.82, 2.24) is 4.90 Å². The van der Waals surface area contributed by atoms with Crippen LogP contribution in [0.2, 0.25) is 0 Å². The molecule has 2 heterocycles. The van der Waals surface area contributed by atoms with E-state index in [-0.39, 0.29) is 5.63 Å². The molecule has 1 aliphatic carbocycles. The Morgan fingerprint density at radius 1 is 1.14 bits per heavy atom. The van der Waals surface area contributed by atoms with Crippen LogP contribution in [0, 0.1) is 0 Å². The van der Waals surface area contributed by atoms with E-state index in [0.29, 0.717) is 6.04 Å². The van der Waals surface area contributed by atoms with Gasteiger partial charge in [0.2, 0.25) is 0 Å². The molecule has 22 heavy (non-hydrogen) atoms. The molecule has 1 aromatic carbocycles. The molecule has 2 aliphatic rings. The summed E-state index contributed by atoms with van der Waals surface area (Å²) in [5.74, 6) is 0. The lowest BCUT2D eigenvalue weighted by Crippen LogP contribution is -2.36. The first-order valence-electron chi connectivity index (χ1n) is 8.53. The van der Waals surface area contributed by atoms with Crippen LogP contribution in [0.25, 0.3) is 11.0 Å². The average molecular weight is 297 g/mol. The summed E-state index contributed by atoms with van der Waals surface area (Å²) in [6, 6.07) is 6.67. The van der Waals surface area contributed by atoms with E-state index in [0.717, 1.165) is 42.5 Å². The van der Waals surface area contributed by atoms with E-state index >= 15 is 0 Å². The highest BCUT2D eigenvalue weighted by molar-refractivity contribution is 5.82. The Labute approximate surface area is 130 Å². The zero-order valence-electron chi connectivity index (χ0n) is 13.2. The number of benzene rings is 1. The topological polar surface area (TPSA) is 33.5 Å². The molecule has 0 amide bonds. The second-order valence-corrected chi connectivity index (χ2v) is 6.88. The van der Waals surface area contributed by atoms with E-state index in [9.17, 15) is 4.79 Å². The molecule has 1 fully saturated rings. The highest BCUT2D eigenvalue weighted by Gasteiger charge is 2.21. The van der Waals surface area contributed by atoms with Crippen molar-refractivity contribution >= 4 is 11.0 Å². The van der Waals surface area contributed by atoms with Crippen molar-refractivity contribution in [2.24, 2.45) is 0 Å². The van der Waals surface area contributed by atoms with Crippen molar-refractivity contribution in [3.63, 3.8) is 0 Å². The van der Waals surface area contributed by atoms with Gasteiger partial charge in [-0.3, -0.25) is 4.90 Å². The van der Waals surface area contributed by atoms with Gasteiger partial charge in [-0.25, -0.2) is 4.79 Å².